The molecule has 2 aromatic rings. The normalized spacial score (nSPS) is 11.7. The van der Waals surface area contributed by atoms with Crippen molar-refractivity contribution in [2.24, 2.45) is 0 Å². The van der Waals surface area contributed by atoms with Crippen LogP contribution < -0.4 is 4.72 Å². The van der Waals surface area contributed by atoms with Crippen LogP contribution in [0.4, 0.5) is 0 Å². The maximum Gasteiger partial charge on any atom is 0.240 e. The standard InChI is InChI=1S/C13H16BrN3O2S/c1-2-11-3-5-13(6-4-11)20(18,19)16-7-8-17-10-12(14)9-15-17/h3-6,9-10,16H,2,7-8H2,1H3. The Morgan fingerprint density at radius 3 is 2.55 bits per heavy atom. The summed E-state index contributed by atoms with van der Waals surface area (Å²) < 4.78 is 29.3. The SMILES string of the molecule is CCc1ccc(S(=O)(=O)NCCn2cc(Br)cn2)cc1. The summed E-state index contributed by atoms with van der Waals surface area (Å²) in [5.41, 5.74) is 1.12. The third-order valence-electron chi connectivity index (χ3n) is 2.88. The van der Waals surface area contributed by atoms with Crippen molar-refractivity contribution >= 4 is 26.0 Å². The van der Waals surface area contributed by atoms with Crippen molar-refractivity contribution in [3.63, 3.8) is 0 Å². The Balaban J connectivity index is 1.96. The van der Waals surface area contributed by atoms with E-state index in [4.69, 9.17) is 0 Å². The van der Waals surface area contributed by atoms with Crippen molar-refractivity contribution in [3.05, 3.63) is 46.7 Å². The molecular weight excluding hydrogens is 342 g/mol. The molecule has 5 nitrogen and oxygen atoms in total. The maximum atomic E-state index is 12.1. The van der Waals surface area contributed by atoms with Gasteiger partial charge in [0.2, 0.25) is 10.0 Å². The van der Waals surface area contributed by atoms with Crippen LogP contribution in [0.2, 0.25) is 0 Å². The van der Waals surface area contributed by atoms with E-state index in [1.807, 2.05) is 19.1 Å². The number of nitrogens with one attached hydrogen (secondary N) is 1. The molecule has 0 saturated carbocycles. The van der Waals surface area contributed by atoms with Crippen molar-refractivity contribution in [2.75, 3.05) is 6.54 Å². The topological polar surface area (TPSA) is 64.0 Å². The molecule has 0 bridgehead atoms. The highest BCUT2D eigenvalue weighted by atomic mass is 79.9. The van der Waals surface area contributed by atoms with Crippen LogP contribution in [-0.2, 0) is 23.0 Å². The van der Waals surface area contributed by atoms with Crippen LogP contribution in [0.1, 0.15) is 12.5 Å². The molecule has 0 spiro atoms. The Labute approximate surface area is 127 Å². The van der Waals surface area contributed by atoms with Crippen molar-refractivity contribution in [3.8, 4) is 0 Å². The lowest BCUT2D eigenvalue weighted by atomic mass is 10.2. The lowest BCUT2D eigenvalue weighted by Crippen LogP contribution is -2.27. The Morgan fingerprint density at radius 2 is 2.00 bits per heavy atom. The van der Waals surface area contributed by atoms with E-state index in [0.717, 1.165) is 16.5 Å². The molecule has 1 aromatic heterocycles. The van der Waals surface area contributed by atoms with Gasteiger partial charge in [0.1, 0.15) is 0 Å². The monoisotopic (exact) mass is 357 g/mol. The van der Waals surface area contributed by atoms with Gasteiger partial charge >= 0.3 is 0 Å². The number of benzene rings is 1. The molecule has 1 heterocycles. The molecule has 0 radical (unpaired) electrons. The number of aryl methyl sites for hydroxylation is 1. The average molecular weight is 358 g/mol. The van der Waals surface area contributed by atoms with E-state index in [1.165, 1.54) is 0 Å². The predicted octanol–water partition coefficient (Wildman–Crippen LogP) is 2.19. The van der Waals surface area contributed by atoms with Gasteiger partial charge in [0, 0.05) is 12.7 Å². The molecule has 20 heavy (non-hydrogen) atoms. The van der Waals surface area contributed by atoms with Crippen molar-refractivity contribution in [1.29, 1.82) is 0 Å². The van der Waals surface area contributed by atoms with E-state index >= 15 is 0 Å². The molecule has 1 aromatic carbocycles. The number of sulfonamides is 1. The lowest BCUT2D eigenvalue weighted by Gasteiger charge is -2.07. The molecule has 1 N–H and O–H groups in total. The highest BCUT2D eigenvalue weighted by Crippen LogP contribution is 2.11. The second-order valence-electron chi connectivity index (χ2n) is 4.32. The lowest BCUT2D eigenvalue weighted by molar-refractivity contribution is 0.561. The van der Waals surface area contributed by atoms with E-state index < -0.39 is 10.0 Å². The van der Waals surface area contributed by atoms with Crippen LogP contribution in [0, 0.1) is 0 Å². The zero-order valence-electron chi connectivity index (χ0n) is 11.1. The fraction of sp³-hybridized carbons (Fsp3) is 0.308. The van der Waals surface area contributed by atoms with E-state index in [1.54, 1.807) is 29.2 Å². The minimum absolute atomic E-state index is 0.288. The molecule has 7 heteroatoms. The largest absolute Gasteiger partial charge is 0.270 e. The highest BCUT2D eigenvalue weighted by Gasteiger charge is 2.12. The third kappa shape index (κ3) is 3.91. The van der Waals surface area contributed by atoms with Gasteiger partial charge in [0.05, 0.1) is 22.1 Å². The van der Waals surface area contributed by atoms with Gasteiger partial charge in [-0.05, 0) is 40.0 Å². The molecule has 0 atom stereocenters. The van der Waals surface area contributed by atoms with Gasteiger partial charge in [0.25, 0.3) is 0 Å². The quantitative estimate of drug-likeness (QED) is 0.861. The van der Waals surface area contributed by atoms with Crippen LogP contribution in [0.15, 0.2) is 46.0 Å². The first-order valence-electron chi connectivity index (χ1n) is 6.28. The summed E-state index contributed by atoms with van der Waals surface area (Å²) in [5.74, 6) is 0. The summed E-state index contributed by atoms with van der Waals surface area (Å²) >= 11 is 3.29. The first-order valence-corrected chi connectivity index (χ1v) is 8.55. The number of nitrogens with zero attached hydrogens (tertiary/aromatic N) is 2. The van der Waals surface area contributed by atoms with E-state index in [0.29, 0.717) is 13.1 Å². The predicted molar refractivity (Wildman–Crippen MR) is 80.9 cm³/mol. The average Bonchev–Trinajstić information content (AvgIpc) is 2.84. The molecule has 108 valence electrons. The summed E-state index contributed by atoms with van der Waals surface area (Å²) in [4.78, 5) is 0.288. The van der Waals surface area contributed by atoms with E-state index in [9.17, 15) is 8.42 Å². The summed E-state index contributed by atoms with van der Waals surface area (Å²) in [6.07, 6.45) is 4.35. The van der Waals surface area contributed by atoms with E-state index in [-0.39, 0.29) is 4.90 Å². The summed E-state index contributed by atoms with van der Waals surface area (Å²) in [6, 6.07) is 6.93. The van der Waals surface area contributed by atoms with E-state index in [2.05, 4.69) is 25.8 Å². The van der Waals surface area contributed by atoms with Gasteiger partial charge in [-0.15, -0.1) is 0 Å². The number of aromatic nitrogens is 2. The zero-order chi connectivity index (χ0) is 14.6. The molecule has 0 saturated heterocycles. The van der Waals surface area contributed by atoms with Crippen molar-refractivity contribution in [1.82, 2.24) is 14.5 Å². The van der Waals surface area contributed by atoms with Gasteiger partial charge in [0.15, 0.2) is 0 Å². The van der Waals surface area contributed by atoms with Crippen LogP contribution in [0.25, 0.3) is 0 Å². The van der Waals surface area contributed by atoms with Gasteiger partial charge in [-0.2, -0.15) is 5.10 Å². The molecule has 0 amide bonds. The molecule has 0 fully saturated rings. The molecular formula is C13H16BrN3O2S. The molecule has 0 aliphatic heterocycles. The minimum Gasteiger partial charge on any atom is -0.270 e. The highest BCUT2D eigenvalue weighted by molar-refractivity contribution is 9.10. The van der Waals surface area contributed by atoms with Crippen molar-refractivity contribution in [2.45, 2.75) is 24.8 Å². The fourth-order valence-electron chi connectivity index (χ4n) is 1.74. The Morgan fingerprint density at radius 1 is 1.30 bits per heavy atom. The van der Waals surface area contributed by atoms with Crippen LogP contribution in [0.5, 0.6) is 0 Å². The fourth-order valence-corrected chi connectivity index (χ4v) is 3.09. The number of hydrogen-bond acceptors (Lipinski definition) is 3. The summed E-state index contributed by atoms with van der Waals surface area (Å²) in [7, 11) is -3.45. The molecule has 0 aliphatic carbocycles. The van der Waals surface area contributed by atoms with Gasteiger partial charge < -0.3 is 0 Å². The molecule has 2 rings (SSSR count). The number of rotatable bonds is 6. The molecule has 0 aliphatic rings. The number of halogens is 1. The van der Waals surface area contributed by atoms with Gasteiger partial charge in [-0.3, -0.25) is 4.68 Å². The van der Waals surface area contributed by atoms with Crippen molar-refractivity contribution < 1.29 is 8.42 Å². The Hall–Kier alpha value is -1.18. The molecule has 0 unspecified atom stereocenters. The Kier molecular flexibility index (Phi) is 4.95. The second-order valence-corrected chi connectivity index (χ2v) is 7.00. The summed E-state index contributed by atoms with van der Waals surface area (Å²) in [6.45, 7) is 2.81. The third-order valence-corrected chi connectivity index (χ3v) is 4.76. The van der Waals surface area contributed by atoms with Crippen LogP contribution >= 0.6 is 15.9 Å². The smallest absolute Gasteiger partial charge is 0.240 e. The minimum atomic E-state index is -3.45. The maximum absolute atomic E-state index is 12.1. The zero-order valence-corrected chi connectivity index (χ0v) is 13.5. The Bertz CT molecular complexity index is 665. The first kappa shape index (κ1) is 15.2. The van der Waals surface area contributed by atoms with Crippen LogP contribution in [0.3, 0.4) is 0 Å². The first-order chi connectivity index (χ1) is 9.51. The number of hydrogen-bond donors (Lipinski definition) is 1. The second kappa shape index (κ2) is 6.51. The summed E-state index contributed by atoms with van der Waals surface area (Å²) in [5, 5.41) is 4.07. The van der Waals surface area contributed by atoms with Gasteiger partial charge in [-0.1, -0.05) is 19.1 Å². The van der Waals surface area contributed by atoms with Crippen LogP contribution in [-0.4, -0.2) is 24.7 Å². The van der Waals surface area contributed by atoms with Gasteiger partial charge in [-0.25, -0.2) is 13.1 Å².